The quantitative estimate of drug-likeness (QED) is 0.0921. The molecule has 15 nitrogen and oxygen atoms in total. The zero-order chi connectivity index (χ0) is 28.1. The Labute approximate surface area is 218 Å². The summed E-state index contributed by atoms with van der Waals surface area (Å²) >= 11 is 0. The molecular weight excluding hydrogens is 500 g/mol. The van der Waals surface area contributed by atoms with E-state index in [9.17, 15) is 33.9 Å². The molecule has 1 saturated heterocycles. The molecule has 0 spiro atoms. The van der Waals surface area contributed by atoms with E-state index < -0.39 is 73.1 Å². The Hall–Kier alpha value is -4.69. The standard InChI is InChI=1S/C23H32N8O7/c24-23(25)26-8-4-7-14-20(36)27-12-18(33)30-16(10-19(34)35)22(38)31-15(9-13-5-2-1-3-6-13)21(37)28-11-17(32)29-14/h1-3,5-6,14-16H,4,7-12H2,(H,27,36)(H,28,37)(H,29,32)(H,30,33)(H,31,38)(H,34,35)(H4,24,25,26)/t14-,15+,16-/m0/s1. The summed E-state index contributed by atoms with van der Waals surface area (Å²) in [6.07, 6.45) is -0.295. The van der Waals surface area contributed by atoms with Crippen LogP contribution in [0.2, 0.25) is 0 Å². The Balaban J connectivity index is 2.25. The number of nitrogens with two attached hydrogens (primary N) is 1. The number of carboxylic acids is 1. The van der Waals surface area contributed by atoms with E-state index in [0.717, 1.165) is 0 Å². The van der Waals surface area contributed by atoms with E-state index in [-0.39, 0.29) is 25.3 Å². The topological polar surface area (TPSA) is 245 Å². The number of hydrogen-bond donors (Lipinski definition) is 9. The Morgan fingerprint density at radius 1 is 0.895 bits per heavy atom. The molecule has 1 aliphatic rings. The summed E-state index contributed by atoms with van der Waals surface area (Å²) in [4.78, 5) is 74.8. The van der Waals surface area contributed by atoms with Crippen LogP contribution in [0, 0.1) is 5.41 Å². The normalized spacial score (nSPS) is 21.4. The molecule has 2 rings (SSSR count). The number of aliphatic carboxylic acids is 1. The summed E-state index contributed by atoms with van der Waals surface area (Å²) in [6.45, 7) is -0.853. The predicted molar refractivity (Wildman–Crippen MR) is 133 cm³/mol. The number of amides is 5. The van der Waals surface area contributed by atoms with Gasteiger partial charge in [-0.05, 0) is 18.4 Å². The second-order valence-corrected chi connectivity index (χ2v) is 8.51. The van der Waals surface area contributed by atoms with Crippen LogP contribution in [0.1, 0.15) is 24.8 Å². The summed E-state index contributed by atoms with van der Waals surface area (Å²) in [5, 5.41) is 30.9. The Kier molecular flexibility index (Phi) is 11.5. The van der Waals surface area contributed by atoms with Crippen LogP contribution in [0.3, 0.4) is 0 Å². The fourth-order valence-corrected chi connectivity index (χ4v) is 3.59. The highest BCUT2D eigenvalue weighted by atomic mass is 16.4. The molecule has 1 aromatic carbocycles. The molecule has 38 heavy (non-hydrogen) atoms. The molecule has 0 aliphatic carbocycles. The van der Waals surface area contributed by atoms with E-state index in [2.05, 4.69) is 31.9 Å². The predicted octanol–water partition coefficient (Wildman–Crippen LogP) is -3.33. The summed E-state index contributed by atoms with van der Waals surface area (Å²) in [5.74, 6) is -5.52. The highest BCUT2D eigenvalue weighted by Crippen LogP contribution is 2.05. The van der Waals surface area contributed by atoms with Crippen molar-refractivity contribution in [1.29, 1.82) is 5.41 Å². The number of nitrogens with one attached hydrogen (secondary N) is 7. The highest BCUT2D eigenvalue weighted by Gasteiger charge is 2.30. The van der Waals surface area contributed by atoms with Gasteiger partial charge in [0.05, 0.1) is 19.5 Å². The van der Waals surface area contributed by atoms with Gasteiger partial charge in [-0.3, -0.25) is 34.2 Å². The van der Waals surface area contributed by atoms with Crippen molar-refractivity contribution in [3.05, 3.63) is 35.9 Å². The molecule has 1 fully saturated rings. The van der Waals surface area contributed by atoms with Crippen molar-refractivity contribution in [2.75, 3.05) is 19.6 Å². The Bertz CT molecular complexity index is 1050. The van der Waals surface area contributed by atoms with E-state index >= 15 is 0 Å². The smallest absolute Gasteiger partial charge is 0.305 e. The Morgan fingerprint density at radius 2 is 1.47 bits per heavy atom. The number of carbonyl (C=O) groups excluding carboxylic acids is 5. The summed E-state index contributed by atoms with van der Waals surface area (Å²) in [6, 6.07) is 4.88. The molecular formula is C23H32N8O7. The van der Waals surface area contributed by atoms with Crippen molar-refractivity contribution in [1.82, 2.24) is 31.9 Å². The number of carbonyl (C=O) groups is 6. The van der Waals surface area contributed by atoms with Gasteiger partial charge < -0.3 is 42.7 Å². The third-order valence-electron chi connectivity index (χ3n) is 5.43. The maximum Gasteiger partial charge on any atom is 0.305 e. The van der Waals surface area contributed by atoms with Crippen LogP contribution in [0.4, 0.5) is 0 Å². The first-order valence-electron chi connectivity index (χ1n) is 11.8. The number of rotatable bonds is 8. The van der Waals surface area contributed by atoms with Crippen molar-refractivity contribution in [3.8, 4) is 0 Å². The van der Waals surface area contributed by atoms with Gasteiger partial charge in [-0.2, -0.15) is 0 Å². The first-order chi connectivity index (χ1) is 18.0. The summed E-state index contributed by atoms with van der Waals surface area (Å²) in [5.41, 5.74) is 5.91. The molecule has 0 bridgehead atoms. The molecule has 0 aromatic heterocycles. The molecule has 0 radical (unpaired) electrons. The summed E-state index contributed by atoms with van der Waals surface area (Å²) in [7, 11) is 0. The molecule has 1 aliphatic heterocycles. The fourth-order valence-electron chi connectivity index (χ4n) is 3.59. The zero-order valence-electron chi connectivity index (χ0n) is 20.5. The van der Waals surface area contributed by atoms with Gasteiger partial charge >= 0.3 is 5.97 Å². The van der Waals surface area contributed by atoms with Crippen LogP contribution in [-0.2, 0) is 35.2 Å². The van der Waals surface area contributed by atoms with Crippen molar-refractivity contribution in [2.24, 2.45) is 5.73 Å². The van der Waals surface area contributed by atoms with Gasteiger partial charge in [-0.25, -0.2) is 0 Å². The fraction of sp³-hybridized carbons (Fsp3) is 0.435. The zero-order valence-corrected chi connectivity index (χ0v) is 20.5. The van der Waals surface area contributed by atoms with Gasteiger partial charge in [0.15, 0.2) is 5.96 Å². The van der Waals surface area contributed by atoms with Crippen molar-refractivity contribution in [2.45, 2.75) is 43.8 Å². The lowest BCUT2D eigenvalue weighted by molar-refractivity contribution is -0.141. The molecule has 5 amide bonds. The van der Waals surface area contributed by atoms with E-state index in [4.69, 9.17) is 11.1 Å². The lowest BCUT2D eigenvalue weighted by Crippen LogP contribution is -2.56. The lowest BCUT2D eigenvalue weighted by Gasteiger charge is -2.22. The van der Waals surface area contributed by atoms with Crippen LogP contribution in [0.15, 0.2) is 30.3 Å². The maximum atomic E-state index is 12.9. The molecule has 0 saturated carbocycles. The highest BCUT2D eigenvalue weighted by molar-refractivity contribution is 5.97. The Morgan fingerprint density at radius 3 is 2.05 bits per heavy atom. The second-order valence-electron chi connectivity index (χ2n) is 8.51. The molecule has 1 aromatic rings. The van der Waals surface area contributed by atoms with Gasteiger partial charge in [0.2, 0.25) is 29.5 Å². The van der Waals surface area contributed by atoms with Gasteiger partial charge in [-0.1, -0.05) is 30.3 Å². The summed E-state index contributed by atoms with van der Waals surface area (Å²) < 4.78 is 0. The third kappa shape index (κ3) is 10.5. The number of hydrogen-bond acceptors (Lipinski definition) is 7. The monoisotopic (exact) mass is 532 g/mol. The van der Waals surface area contributed by atoms with Crippen LogP contribution >= 0.6 is 0 Å². The average Bonchev–Trinajstić information content (AvgIpc) is 2.86. The van der Waals surface area contributed by atoms with Gasteiger partial charge in [0.1, 0.15) is 18.1 Å². The van der Waals surface area contributed by atoms with E-state index in [0.29, 0.717) is 12.0 Å². The minimum Gasteiger partial charge on any atom is -0.481 e. The second kappa shape index (κ2) is 14.8. The largest absolute Gasteiger partial charge is 0.481 e. The molecule has 206 valence electrons. The van der Waals surface area contributed by atoms with Crippen molar-refractivity contribution >= 4 is 41.5 Å². The van der Waals surface area contributed by atoms with Crippen LogP contribution in [0.25, 0.3) is 0 Å². The first-order valence-corrected chi connectivity index (χ1v) is 11.8. The van der Waals surface area contributed by atoms with Crippen molar-refractivity contribution in [3.63, 3.8) is 0 Å². The molecule has 15 heteroatoms. The molecule has 3 atom stereocenters. The number of guanidine groups is 1. The van der Waals surface area contributed by atoms with E-state index in [1.165, 1.54) is 0 Å². The van der Waals surface area contributed by atoms with E-state index in [1.807, 2.05) is 0 Å². The SMILES string of the molecule is N=C(N)NCCC[C@@H]1NC(=O)CNC(=O)[C@@H](Cc2ccccc2)NC(=O)[C@H](CC(=O)O)NC(=O)CNC1=O. The first kappa shape index (κ1) is 29.5. The van der Waals surface area contributed by atoms with Crippen LogP contribution < -0.4 is 37.6 Å². The average molecular weight is 533 g/mol. The third-order valence-corrected chi connectivity index (χ3v) is 5.43. The minimum atomic E-state index is -1.53. The lowest BCUT2D eigenvalue weighted by atomic mass is 10.0. The minimum absolute atomic E-state index is 0.0274. The van der Waals surface area contributed by atoms with Crippen LogP contribution in [0.5, 0.6) is 0 Å². The maximum absolute atomic E-state index is 12.9. The van der Waals surface area contributed by atoms with Crippen molar-refractivity contribution < 1.29 is 33.9 Å². The molecule has 1 heterocycles. The molecule has 0 unspecified atom stereocenters. The molecule has 10 N–H and O–H groups in total. The van der Waals surface area contributed by atoms with E-state index in [1.54, 1.807) is 30.3 Å². The van der Waals surface area contributed by atoms with Gasteiger partial charge in [0, 0.05) is 13.0 Å². The number of benzene rings is 1. The number of carboxylic acid groups (broad SMARTS) is 1. The van der Waals surface area contributed by atoms with Gasteiger partial charge in [0.25, 0.3) is 0 Å². The van der Waals surface area contributed by atoms with Crippen LogP contribution in [-0.4, -0.2) is 84.3 Å². The van der Waals surface area contributed by atoms with Gasteiger partial charge in [-0.15, -0.1) is 0 Å².